The molecule has 15 heavy (non-hydrogen) atoms. The minimum atomic E-state index is -0.328. The molecule has 0 aliphatic heterocycles. The van der Waals surface area contributed by atoms with Gasteiger partial charge in [-0.15, -0.1) is 0 Å². The van der Waals surface area contributed by atoms with Gasteiger partial charge >= 0.3 is 5.97 Å². The van der Waals surface area contributed by atoms with Crippen molar-refractivity contribution in [2.45, 2.75) is 18.9 Å². The van der Waals surface area contributed by atoms with Gasteiger partial charge in [0.05, 0.1) is 12.2 Å². The van der Waals surface area contributed by atoms with Crippen LogP contribution >= 0.6 is 11.9 Å². The van der Waals surface area contributed by atoms with E-state index in [1.807, 2.05) is 6.92 Å². The van der Waals surface area contributed by atoms with Crippen LogP contribution in [0.15, 0.2) is 23.4 Å². The highest BCUT2D eigenvalue weighted by Crippen LogP contribution is 2.17. The van der Waals surface area contributed by atoms with E-state index in [0.717, 1.165) is 6.54 Å². The molecule has 1 heterocycles. The average molecular weight is 226 g/mol. The zero-order valence-corrected chi connectivity index (χ0v) is 9.63. The second-order valence-corrected chi connectivity index (χ2v) is 3.56. The molecule has 4 nitrogen and oxygen atoms in total. The molecule has 5 heteroatoms. The number of hydrogen-bond donors (Lipinski definition) is 1. The molecular weight excluding hydrogens is 212 g/mol. The van der Waals surface area contributed by atoms with E-state index in [9.17, 15) is 4.79 Å². The fraction of sp³-hybridized carbons (Fsp3) is 0.400. The topological polar surface area (TPSA) is 51.2 Å². The zero-order chi connectivity index (χ0) is 11.1. The molecule has 1 aromatic heterocycles. The number of rotatable bonds is 5. The lowest BCUT2D eigenvalue weighted by molar-refractivity contribution is 0.0521. The van der Waals surface area contributed by atoms with Gasteiger partial charge in [-0.2, -0.15) is 0 Å². The maximum absolute atomic E-state index is 11.5. The lowest BCUT2D eigenvalue weighted by atomic mass is 10.3. The fourth-order valence-corrected chi connectivity index (χ4v) is 1.63. The second-order valence-electron chi connectivity index (χ2n) is 2.68. The molecule has 1 N–H and O–H groups in total. The Hall–Kier alpha value is -1.07. The van der Waals surface area contributed by atoms with Crippen LogP contribution in [0.1, 0.15) is 24.2 Å². The third kappa shape index (κ3) is 3.53. The summed E-state index contributed by atoms with van der Waals surface area (Å²) in [5.41, 5.74) is 0.505. The Balaban J connectivity index is 2.80. The van der Waals surface area contributed by atoms with E-state index >= 15 is 0 Å². The Morgan fingerprint density at radius 1 is 1.60 bits per heavy atom. The molecule has 0 saturated heterocycles. The first kappa shape index (κ1) is 12.0. The van der Waals surface area contributed by atoms with Crippen LogP contribution in [-0.4, -0.2) is 24.1 Å². The molecule has 0 atom stereocenters. The van der Waals surface area contributed by atoms with Gasteiger partial charge in [0.2, 0.25) is 0 Å². The lowest BCUT2D eigenvalue weighted by Crippen LogP contribution is -2.09. The van der Waals surface area contributed by atoms with Gasteiger partial charge in [0.15, 0.2) is 0 Å². The molecule has 0 aliphatic carbocycles. The summed E-state index contributed by atoms with van der Waals surface area (Å²) in [5, 5.41) is 0.651. The molecule has 1 rings (SSSR count). The number of aromatic nitrogens is 1. The van der Waals surface area contributed by atoms with Crippen LogP contribution in [0.3, 0.4) is 0 Å². The van der Waals surface area contributed by atoms with Gasteiger partial charge in [0, 0.05) is 12.7 Å². The van der Waals surface area contributed by atoms with Crippen molar-refractivity contribution in [1.82, 2.24) is 9.71 Å². The summed E-state index contributed by atoms with van der Waals surface area (Å²) >= 11 is 1.34. The average Bonchev–Trinajstić information content (AvgIpc) is 2.27. The van der Waals surface area contributed by atoms with E-state index in [2.05, 4.69) is 9.71 Å². The molecule has 0 aliphatic rings. The van der Waals surface area contributed by atoms with Crippen LogP contribution in [0.25, 0.3) is 0 Å². The predicted molar refractivity (Wildman–Crippen MR) is 59.7 cm³/mol. The van der Waals surface area contributed by atoms with Crippen molar-refractivity contribution in [2.75, 3.05) is 13.2 Å². The fourth-order valence-electron chi connectivity index (χ4n) is 0.977. The summed E-state index contributed by atoms with van der Waals surface area (Å²) in [6.45, 7) is 4.95. The smallest absolute Gasteiger partial charge is 0.340 e. The number of nitrogens with one attached hydrogen (secondary N) is 1. The van der Waals surface area contributed by atoms with Crippen LogP contribution in [0.2, 0.25) is 0 Å². The molecule has 0 aromatic carbocycles. The van der Waals surface area contributed by atoms with Crippen molar-refractivity contribution < 1.29 is 9.53 Å². The number of esters is 1. The lowest BCUT2D eigenvalue weighted by Gasteiger charge is -2.06. The summed E-state index contributed by atoms with van der Waals surface area (Å²) < 4.78 is 7.98. The van der Waals surface area contributed by atoms with Crippen LogP contribution in [0.5, 0.6) is 0 Å². The standard InChI is InChI=1S/C10H14N2O2S/c1-3-12-15-9-8(6-5-7-11-9)10(13)14-4-2/h5-7,12H,3-4H2,1-2H3. The summed E-state index contributed by atoms with van der Waals surface area (Å²) in [5.74, 6) is -0.328. The number of hydrogen-bond acceptors (Lipinski definition) is 5. The molecule has 82 valence electrons. The van der Waals surface area contributed by atoms with Crippen LogP contribution < -0.4 is 4.72 Å². The van der Waals surface area contributed by atoms with Crippen LogP contribution in [-0.2, 0) is 4.74 Å². The highest BCUT2D eigenvalue weighted by molar-refractivity contribution is 7.97. The van der Waals surface area contributed by atoms with E-state index in [-0.39, 0.29) is 5.97 Å². The third-order valence-corrected chi connectivity index (χ3v) is 2.53. The summed E-state index contributed by atoms with van der Waals surface area (Å²) in [6.07, 6.45) is 1.66. The molecule has 0 bridgehead atoms. The van der Waals surface area contributed by atoms with Crippen molar-refractivity contribution in [3.05, 3.63) is 23.9 Å². The van der Waals surface area contributed by atoms with Crippen LogP contribution in [0.4, 0.5) is 0 Å². The minimum absolute atomic E-state index is 0.328. The van der Waals surface area contributed by atoms with Crippen molar-refractivity contribution in [3.63, 3.8) is 0 Å². The van der Waals surface area contributed by atoms with E-state index in [1.54, 1.807) is 25.3 Å². The Labute approximate surface area is 93.6 Å². The zero-order valence-electron chi connectivity index (χ0n) is 8.82. The first-order valence-corrected chi connectivity index (χ1v) is 5.63. The van der Waals surface area contributed by atoms with Gasteiger partial charge in [-0.25, -0.2) is 9.78 Å². The number of nitrogens with zero attached hydrogens (tertiary/aromatic N) is 1. The van der Waals surface area contributed by atoms with E-state index in [1.165, 1.54) is 11.9 Å². The first-order chi connectivity index (χ1) is 7.29. The van der Waals surface area contributed by atoms with Crippen molar-refractivity contribution in [3.8, 4) is 0 Å². The summed E-state index contributed by atoms with van der Waals surface area (Å²) in [6, 6.07) is 3.44. The number of pyridine rings is 1. The van der Waals surface area contributed by atoms with Gasteiger partial charge < -0.3 is 4.74 Å². The molecule has 1 aromatic rings. The Morgan fingerprint density at radius 3 is 3.07 bits per heavy atom. The number of carbonyl (C=O) groups is 1. The highest BCUT2D eigenvalue weighted by Gasteiger charge is 2.12. The maximum Gasteiger partial charge on any atom is 0.340 e. The number of ether oxygens (including phenoxy) is 1. The molecule has 0 radical (unpaired) electrons. The molecular formula is C10H14N2O2S. The predicted octanol–water partition coefficient (Wildman–Crippen LogP) is 1.87. The number of carbonyl (C=O) groups excluding carboxylic acids is 1. The summed E-state index contributed by atoms with van der Waals surface area (Å²) in [7, 11) is 0. The van der Waals surface area contributed by atoms with E-state index in [0.29, 0.717) is 17.2 Å². The highest BCUT2D eigenvalue weighted by atomic mass is 32.2. The molecule has 0 spiro atoms. The molecule has 0 saturated carbocycles. The van der Waals surface area contributed by atoms with Gasteiger partial charge in [-0.1, -0.05) is 6.92 Å². The first-order valence-electron chi connectivity index (χ1n) is 4.81. The van der Waals surface area contributed by atoms with Gasteiger partial charge in [-0.05, 0) is 31.0 Å². The largest absolute Gasteiger partial charge is 0.462 e. The monoisotopic (exact) mass is 226 g/mol. The normalized spacial score (nSPS) is 10.0. The minimum Gasteiger partial charge on any atom is -0.462 e. The Kier molecular flexibility index (Phi) is 5.14. The molecule has 0 fully saturated rings. The van der Waals surface area contributed by atoms with E-state index < -0.39 is 0 Å². The van der Waals surface area contributed by atoms with E-state index in [4.69, 9.17) is 4.74 Å². The van der Waals surface area contributed by atoms with Crippen molar-refractivity contribution >= 4 is 17.9 Å². The SMILES string of the molecule is CCNSc1ncccc1C(=O)OCC. The molecule has 0 unspecified atom stereocenters. The van der Waals surface area contributed by atoms with Crippen LogP contribution in [0, 0.1) is 0 Å². The van der Waals surface area contributed by atoms with Gasteiger partial charge in [0.25, 0.3) is 0 Å². The van der Waals surface area contributed by atoms with Gasteiger partial charge in [0.1, 0.15) is 5.03 Å². The maximum atomic E-state index is 11.5. The Bertz CT molecular complexity index is 331. The quantitative estimate of drug-likeness (QED) is 0.613. The molecule has 0 amide bonds. The van der Waals surface area contributed by atoms with Crippen molar-refractivity contribution in [1.29, 1.82) is 0 Å². The Morgan fingerprint density at radius 2 is 2.40 bits per heavy atom. The second kappa shape index (κ2) is 6.42. The van der Waals surface area contributed by atoms with Gasteiger partial charge in [-0.3, -0.25) is 4.72 Å². The third-order valence-electron chi connectivity index (χ3n) is 1.58. The van der Waals surface area contributed by atoms with Crippen molar-refractivity contribution in [2.24, 2.45) is 0 Å². The summed E-state index contributed by atoms with van der Waals surface area (Å²) in [4.78, 5) is 15.6.